The smallest absolute Gasteiger partial charge is 0.145 e. The van der Waals surface area contributed by atoms with Gasteiger partial charge in [0.25, 0.3) is 0 Å². The molecule has 1 aliphatic heterocycles. The van der Waals surface area contributed by atoms with Crippen LogP contribution in [-0.4, -0.2) is 22.1 Å². The molecule has 0 atom stereocenters. The van der Waals surface area contributed by atoms with Gasteiger partial charge in [0.2, 0.25) is 0 Å². The van der Waals surface area contributed by atoms with Gasteiger partial charge in [0, 0.05) is 18.2 Å². The van der Waals surface area contributed by atoms with Crippen molar-refractivity contribution < 1.29 is 0 Å². The summed E-state index contributed by atoms with van der Waals surface area (Å²) in [6.45, 7) is 7.42. The minimum Gasteiger partial charge on any atom is -0.351 e. The van der Waals surface area contributed by atoms with Gasteiger partial charge in [-0.25, -0.2) is 15.8 Å². The number of aromatic nitrogens is 2. The third-order valence-corrected chi connectivity index (χ3v) is 3.15. The molecule has 0 unspecified atom stereocenters. The van der Waals surface area contributed by atoms with Crippen LogP contribution in [0.1, 0.15) is 32.5 Å². The maximum Gasteiger partial charge on any atom is 0.145 e. The number of hydrogen-bond acceptors (Lipinski definition) is 5. The second kappa shape index (κ2) is 3.90. The van der Waals surface area contributed by atoms with Gasteiger partial charge in [-0.1, -0.05) is 0 Å². The zero-order valence-corrected chi connectivity index (χ0v) is 10.1. The van der Waals surface area contributed by atoms with E-state index in [9.17, 15) is 0 Å². The molecule has 1 aromatic heterocycles. The molecule has 2 rings (SSSR count). The van der Waals surface area contributed by atoms with Crippen LogP contribution in [0.5, 0.6) is 0 Å². The van der Waals surface area contributed by atoms with Gasteiger partial charge in [-0.15, -0.1) is 0 Å². The Labute approximate surface area is 96.0 Å². The molecule has 0 spiro atoms. The summed E-state index contributed by atoms with van der Waals surface area (Å²) in [5, 5.41) is 0. The lowest BCUT2D eigenvalue weighted by Gasteiger charge is -2.32. The molecule has 0 bridgehead atoms. The van der Waals surface area contributed by atoms with E-state index < -0.39 is 0 Å². The van der Waals surface area contributed by atoms with Crippen LogP contribution in [0.25, 0.3) is 0 Å². The number of nitrogens with zero attached hydrogens (tertiary/aromatic N) is 3. The maximum absolute atomic E-state index is 5.40. The van der Waals surface area contributed by atoms with Gasteiger partial charge in [0.15, 0.2) is 0 Å². The van der Waals surface area contributed by atoms with E-state index >= 15 is 0 Å². The fourth-order valence-corrected chi connectivity index (χ4v) is 2.30. The second-order valence-corrected chi connectivity index (χ2v) is 4.87. The summed E-state index contributed by atoms with van der Waals surface area (Å²) in [5.41, 5.74) is 2.75. The van der Waals surface area contributed by atoms with Crippen molar-refractivity contribution in [3.63, 3.8) is 0 Å². The molecule has 1 aliphatic rings. The van der Waals surface area contributed by atoms with Gasteiger partial charge in [0.05, 0.1) is 0 Å². The van der Waals surface area contributed by atoms with E-state index in [0.29, 0.717) is 5.82 Å². The lowest BCUT2D eigenvalue weighted by atomic mass is 10.0. The molecule has 2 heterocycles. The first-order valence-corrected chi connectivity index (χ1v) is 5.63. The quantitative estimate of drug-likeness (QED) is 0.584. The van der Waals surface area contributed by atoms with Crippen LogP contribution in [-0.2, 0) is 0 Å². The second-order valence-electron chi connectivity index (χ2n) is 4.87. The zero-order valence-electron chi connectivity index (χ0n) is 10.1. The molecule has 0 saturated carbocycles. The monoisotopic (exact) mass is 221 g/mol. The molecule has 1 saturated heterocycles. The van der Waals surface area contributed by atoms with E-state index in [4.69, 9.17) is 5.84 Å². The van der Waals surface area contributed by atoms with Crippen molar-refractivity contribution >= 4 is 11.6 Å². The summed E-state index contributed by atoms with van der Waals surface area (Å²) >= 11 is 0. The summed E-state index contributed by atoms with van der Waals surface area (Å²) in [4.78, 5) is 11.0. The van der Waals surface area contributed by atoms with Crippen LogP contribution >= 0.6 is 0 Å². The Morgan fingerprint density at radius 2 is 2.19 bits per heavy atom. The summed E-state index contributed by atoms with van der Waals surface area (Å²) in [6, 6.07) is 1.90. The minimum absolute atomic E-state index is 0.173. The third-order valence-electron chi connectivity index (χ3n) is 3.15. The summed E-state index contributed by atoms with van der Waals surface area (Å²) < 4.78 is 0. The van der Waals surface area contributed by atoms with E-state index in [0.717, 1.165) is 18.2 Å². The Morgan fingerprint density at radius 1 is 1.44 bits per heavy atom. The summed E-state index contributed by atoms with van der Waals surface area (Å²) in [5.74, 6) is 7.77. The SMILES string of the molecule is Cc1nc(NN)cc(N2CCCC2(C)C)n1. The molecule has 0 aliphatic carbocycles. The van der Waals surface area contributed by atoms with Crippen molar-refractivity contribution in [2.45, 2.75) is 39.2 Å². The van der Waals surface area contributed by atoms with Crippen molar-refractivity contribution in [3.8, 4) is 0 Å². The largest absolute Gasteiger partial charge is 0.351 e. The van der Waals surface area contributed by atoms with E-state index in [-0.39, 0.29) is 5.54 Å². The van der Waals surface area contributed by atoms with Gasteiger partial charge in [-0.3, -0.25) is 0 Å². The number of hydrazine groups is 1. The average Bonchev–Trinajstić information content (AvgIpc) is 2.57. The topological polar surface area (TPSA) is 67.1 Å². The number of rotatable bonds is 2. The molecule has 1 fully saturated rings. The lowest BCUT2D eigenvalue weighted by molar-refractivity contribution is 0.514. The Hall–Kier alpha value is -1.36. The highest BCUT2D eigenvalue weighted by Crippen LogP contribution is 2.32. The van der Waals surface area contributed by atoms with Crippen LogP contribution in [0, 0.1) is 6.92 Å². The lowest BCUT2D eigenvalue weighted by Crippen LogP contribution is -2.38. The highest BCUT2D eigenvalue weighted by Gasteiger charge is 2.33. The highest BCUT2D eigenvalue weighted by atomic mass is 15.3. The number of aryl methyl sites for hydroxylation is 1. The summed E-state index contributed by atoms with van der Waals surface area (Å²) in [7, 11) is 0. The normalized spacial score (nSPS) is 18.9. The summed E-state index contributed by atoms with van der Waals surface area (Å²) in [6.07, 6.45) is 2.41. The van der Waals surface area contributed by atoms with Gasteiger partial charge in [-0.2, -0.15) is 0 Å². The van der Waals surface area contributed by atoms with E-state index in [1.807, 2.05) is 13.0 Å². The van der Waals surface area contributed by atoms with Crippen molar-refractivity contribution in [3.05, 3.63) is 11.9 Å². The fraction of sp³-hybridized carbons (Fsp3) is 0.636. The van der Waals surface area contributed by atoms with Crippen molar-refractivity contribution in [2.75, 3.05) is 16.9 Å². The fourth-order valence-electron chi connectivity index (χ4n) is 2.30. The predicted octanol–water partition coefficient (Wildman–Crippen LogP) is 1.45. The molecule has 16 heavy (non-hydrogen) atoms. The molecule has 5 nitrogen and oxygen atoms in total. The molecule has 0 amide bonds. The van der Waals surface area contributed by atoms with Crippen molar-refractivity contribution in [2.24, 2.45) is 5.84 Å². The van der Waals surface area contributed by atoms with Crippen LogP contribution in [0.2, 0.25) is 0 Å². The standard InChI is InChI=1S/C11H19N5/c1-8-13-9(15-12)7-10(14-8)16-6-4-5-11(16,2)3/h7H,4-6,12H2,1-3H3,(H,13,14,15). The Bertz CT molecular complexity index is 388. The molecular formula is C11H19N5. The number of nitrogen functional groups attached to an aromatic ring is 1. The predicted molar refractivity (Wildman–Crippen MR) is 65.2 cm³/mol. The number of hydrogen-bond donors (Lipinski definition) is 2. The van der Waals surface area contributed by atoms with E-state index in [1.165, 1.54) is 12.8 Å². The van der Waals surface area contributed by atoms with E-state index in [2.05, 4.69) is 34.1 Å². The van der Waals surface area contributed by atoms with Crippen LogP contribution in [0.3, 0.4) is 0 Å². The van der Waals surface area contributed by atoms with Gasteiger partial charge < -0.3 is 10.3 Å². The highest BCUT2D eigenvalue weighted by molar-refractivity contribution is 5.51. The molecule has 0 aromatic carbocycles. The third kappa shape index (κ3) is 1.95. The first kappa shape index (κ1) is 11.1. The van der Waals surface area contributed by atoms with Gasteiger partial charge in [0.1, 0.15) is 17.5 Å². The Balaban J connectivity index is 2.36. The maximum atomic E-state index is 5.40. The van der Waals surface area contributed by atoms with Crippen LogP contribution in [0.15, 0.2) is 6.07 Å². The Morgan fingerprint density at radius 3 is 2.75 bits per heavy atom. The van der Waals surface area contributed by atoms with Crippen LogP contribution < -0.4 is 16.2 Å². The Kier molecular flexibility index (Phi) is 2.71. The number of anilines is 2. The molecule has 3 N–H and O–H groups in total. The van der Waals surface area contributed by atoms with Crippen molar-refractivity contribution in [1.82, 2.24) is 9.97 Å². The number of nitrogens with one attached hydrogen (secondary N) is 1. The molecule has 1 aromatic rings. The first-order valence-electron chi connectivity index (χ1n) is 5.63. The minimum atomic E-state index is 0.173. The van der Waals surface area contributed by atoms with Crippen molar-refractivity contribution in [1.29, 1.82) is 0 Å². The molecule has 88 valence electrons. The van der Waals surface area contributed by atoms with Gasteiger partial charge in [-0.05, 0) is 33.6 Å². The van der Waals surface area contributed by atoms with E-state index in [1.54, 1.807) is 0 Å². The average molecular weight is 221 g/mol. The first-order chi connectivity index (χ1) is 7.53. The number of nitrogens with two attached hydrogens (primary N) is 1. The zero-order chi connectivity index (χ0) is 11.8. The molecular weight excluding hydrogens is 202 g/mol. The molecule has 5 heteroatoms. The molecule has 0 radical (unpaired) electrons. The van der Waals surface area contributed by atoms with Gasteiger partial charge >= 0.3 is 0 Å². The van der Waals surface area contributed by atoms with Crippen LogP contribution in [0.4, 0.5) is 11.6 Å².